The van der Waals surface area contributed by atoms with E-state index in [4.69, 9.17) is 0 Å². The summed E-state index contributed by atoms with van der Waals surface area (Å²) in [6.07, 6.45) is 1.67. The number of amides is 2. The highest BCUT2D eigenvalue weighted by Gasteiger charge is 2.23. The van der Waals surface area contributed by atoms with Gasteiger partial charge < -0.3 is 15.1 Å². The second kappa shape index (κ2) is 9.94. The van der Waals surface area contributed by atoms with Gasteiger partial charge >= 0.3 is 0 Å². The minimum atomic E-state index is -0.114. The molecule has 1 aromatic heterocycles. The predicted molar refractivity (Wildman–Crippen MR) is 115 cm³/mol. The van der Waals surface area contributed by atoms with E-state index in [2.05, 4.69) is 16.4 Å². The Hall–Kier alpha value is -3.05. The van der Waals surface area contributed by atoms with Crippen molar-refractivity contribution in [3.05, 3.63) is 53.7 Å². The number of nitrogens with one attached hydrogen (secondary N) is 1. The van der Waals surface area contributed by atoms with Gasteiger partial charge in [0.25, 0.3) is 0 Å². The van der Waals surface area contributed by atoms with E-state index >= 15 is 0 Å². The molecule has 2 amide bonds. The normalized spacial score (nSPS) is 13.7. The number of nitriles is 1. The average molecular weight is 410 g/mol. The summed E-state index contributed by atoms with van der Waals surface area (Å²) in [5.74, 6) is 1.09. The molecule has 0 saturated carbocycles. The van der Waals surface area contributed by atoms with E-state index in [0.29, 0.717) is 37.6 Å². The molecule has 1 N–H and O–H groups in total. The highest BCUT2D eigenvalue weighted by atomic mass is 32.2. The van der Waals surface area contributed by atoms with Crippen LogP contribution in [0.3, 0.4) is 0 Å². The van der Waals surface area contributed by atoms with Gasteiger partial charge in [0.05, 0.1) is 17.1 Å². The number of pyridine rings is 1. The molecule has 8 heteroatoms. The summed E-state index contributed by atoms with van der Waals surface area (Å²) in [6.45, 7) is 4.40. The molecular formula is C21H23N5O2S. The van der Waals surface area contributed by atoms with E-state index in [0.717, 1.165) is 11.3 Å². The molecule has 7 nitrogen and oxygen atoms in total. The Morgan fingerprint density at radius 2 is 1.97 bits per heavy atom. The van der Waals surface area contributed by atoms with Crippen LogP contribution in [0.15, 0.2) is 42.6 Å². The fourth-order valence-corrected chi connectivity index (χ4v) is 3.86. The number of hydrogen-bond donors (Lipinski definition) is 1. The van der Waals surface area contributed by atoms with Gasteiger partial charge in [-0.1, -0.05) is 12.1 Å². The first-order valence-electron chi connectivity index (χ1n) is 9.39. The number of carbonyl (C=O) groups is 2. The number of aryl methyl sites for hydroxylation is 1. The van der Waals surface area contributed by atoms with Crippen molar-refractivity contribution in [3.63, 3.8) is 0 Å². The SMILES string of the molecule is Cc1cccc(NC(=O)CSCC(=O)N2CCN(c3ncccc3C#N)CC2)c1. The monoisotopic (exact) mass is 409 g/mol. The van der Waals surface area contributed by atoms with Crippen LogP contribution in [-0.4, -0.2) is 59.4 Å². The van der Waals surface area contributed by atoms with Gasteiger partial charge in [-0.3, -0.25) is 9.59 Å². The lowest BCUT2D eigenvalue weighted by atomic mass is 10.2. The van der Waals surface area contributed by atoms with Crippen molar-refractivity contribution in [1.29, 1.82) is 5.26 Å². The van der Waals surface area contributed by atoms with E-state index in [1.807, 2.05) is 36.1 Å². The summed E-state index contributed by atoms with van der Waals surface area (Å²) in [5.41, 5.74) is 2.39. The van der Waals surface area contributed by atoms with Crippen LogP contribution in [0.2, 0.25) is 0 Å². The van der Waals surface area contributed by atoms with Crippen LogP contribution in [0.25, 0.3) is 0 Å². The average Bonchev–Trinajstić information content (AvgIpc) is 2.73. The molecule has 150 valence electrons. The molecule has 1 aliphatic heterocycles. The molecule has 2 heterocycles. The Morgan fingerprint density at radius 3 is 2.69 bits per heavy atom. The van der Waals surface area contributed by atoms with Crippen molar-refractivity contribution in [2.45, 2.75) is 6.92 Å². The molecule has 3 rings (SSSR count). The fraction of sp³-hybridized carbons (Fsp3) is 0.333. The van der Waals surface area contributed by atoms with E-state index < -0.39 is 0 Å². The zero-order valence-corrected chi connectivity index (χ0v) is 17.1. The first-order chi connectivity index (χ1) is 14.1. The lowest BCUT2D eigenvalue weighted by Gasteiger charge is -2.35. The van der Waals surface area contributed by atoms with Gasteiger partial charge in [-0.2, -0.15) is 5.26 Å². The molecule has 2 aromatic rings. The molecule has 29 heavy (non-hydrogen) atoms. The summed E-state index contributed by atoms with van der Waals surface area (Å²) in [5, 5.41) is 12.1. The number of carbonyl (C=O) groups excluding carboxylic acids is 2. The number of thioether (sulfide) groups is 1. The standard InChI is InChI=1S/C21H23N5O2S/c1-16-4-2-6-18(12-16)24-19(27)14-29-15-20(28)25-8-10-26(11-9-25)21-17(13-22)5-3-7-23-21/h2-7,12H,8-11,14-15H2,1H3,(H,24,27). The van der Waals surface area contributed by atoms with Crippen molar-refractivity contribution < 1.29 is 9.59 Å². The fourth-order valence-electron chi connectivity index (χ4n) is 3.15. The molecule has 1 aromatic carbocycles. The van der Waals surface area contributed by atoms with Crippen molar-refractivity contribution in [2.75, 3.05) is 47.9 Å². The predicted octanol–water partition coefficient (Wildman–Crippen LogP) is 2.28. The largest absolute Gasteiger partial charge is 0.352 e. The summed E-state index contributed by atoms with van der Waals surface area (Å²) in [4.78, 5) is 32.6. The summed E-state index contributed by atoms with van der Waals surface area (Å²) in [6, 6.07) is 13.3. The second-order valence-electron chi connectivity index (χ2n) is 6.76. The zero-order chi connectivity index (χ0) is 20.6. The van der Waals surface area contributed by atoms with E-state index in [9.17, 15) is 14.9 Å². The van der Waals surface area contributed by atoms with Crippen molar-refractivity contribution in [1.82, 2.24) is 9.88 Å². The van der Waals surface area contributed by atoms with Gasteiger partial charge in [0.2, 0.25) is 11.8 Å². The van der Waals surface area contributed by atoms with Gasteiger partial charge in [0.15, 0.2) is 0 Å². The molecule has 1 fully saturated rings. The maximum atomic E-state index is 12.4. The number of rotatable bonds is 6. The van der Waals surface area contributed by atoms with Crippen LogP contribution < -0.4 is 10.2 Å². The third-order valence-corrected chi connectivity index (χ3v) is 5.52. The van der Waals surface area contributed by atoms with Crippen molar-refractivity contribution in [2.24, 2.45) is 0 Å². The number of aromatic nitrogens is 1. The molecule has 0 bridgehead atoms. The number of anilines is 2. The summed E-state index contributed by atoms with van der Waals surface area (Å²) >= 11 is 1.32. The Balaban J connectivity index is 1.41. The third kappa shape index (κ3) is 5.72. The molecule has 0 aliphatic carbocycles. The molecule has 0 atom stereocenters. The highest BCUT2D eigenvalue weighted by molar-refractivity contribution is 8.00. The van der Waals surface area contributed by atoms with E-state index in [-0.39, 0.29) is 23.3 Å². The first-order valence-corrected chi connectivity index (χ1v) is 10.5. The van der Waals surface area contributed by atoms with Crippen molar-refractivity contribution >= 4 is 35.1 Å². The zero-order valence-electron chi connectivity index (χ0n) is 16.3. The molecule has 1 aliphatic rings. The van der Waals surface area contributed by atoms with E-state index in [1.54, 1.807) is 23.2 Å². The van der Waals surface area contributed by atoms with Gasteiger partial charge in [-0.05, 0) is 36.8 Å². The highest BCUT2D eigenvalue weighted by Crippen LogP contribution is 2.18. The van der Waals surface area contributed by atoms with Crippen LogP contribution >= 0.6 is 11.8 Å². The minimum absolute atomic E-state index is 0.0273. The third-order valence-electron chi connectivity index (χ3n) is 4.60. The molecule has 0 unspecified atom stereocenters. The number of nitrogens with zero attached hydrogens (tertiary/aromatic N) is 4. The second-order valence-corrected chi connectivity index (χ2v) is 7.75. The Kier molecular flexibility index (Phi) is 7.09. The van der Waals surface area contributed by atoms with Crippen LogP contribution in [-0.2, 0) is 9.59 Å². The summed E-state index contributed by atoms with van der Waals surface area (Å²) in [7, 11) is 0. The lowest BCUT2D eigenvalue weighted by molar-refractivity contribution is -0.128. The van der Waals surface area contributed by atoms with Crippen LogP contribution in [0.5, 0.6) is 0 Å². The quantitative estimate of drug-likeness (QED) is 0.787. The summed E-state index contributed by atoms with van der Waals surface area (Å²) < 4.78 is 0. The minimum Gasteiger partial charge on any atom is -0.352 e. The number of piperazine rings is 1. The first kappa shape index (κ1) is 20.7. The van der Waals surface area contributed by atoms with Gasteiger partial charge in [0.1, 0.15) is 11.9 Å². The topological polar surface area (TPSA) is 89.3 Å². The van der Waals surface area contributed by atoms with Gasteiger partial charge in [-0.15, -0.1) is 11.8 Å². The number of hydrogen-bond acceptors (Lipinski definition) is 6. The van der Waals surface area contributed by atoms with Gasteiger partial charge in [0, 0.05) is 38.1 Å². The van der Waals surface area contributed by atoms with Crippen LogP contribution in [0.1, 0.15) is 11.1 Å². The molecule has 0 radical (unpaired) electrons. The van der Waals surface area contributed by atoms with Crippen molar-refractivity contribution in [3.8, 4) is 6.07 Å². The van der Waals surface area contributed by atoms with E-state index in [1.165, 1.54) is 11.8 Å². The maximum absolute atomic E-state index is 12.4. The smallest absolute Gasteiger partial charge is 0.234 e. The Labute approximate surface area is 174 Å². The molecule has 0 spiro atoms. The Bertz CT molecular complexity index is 919. The molecular weight excluding hydrogens is 386 g/mol. The molecule has 1 saturated heterocycles. The van der Waals surface area contributed by atoms with Gasteiger partial charge in [-0.25, -0.2) is 4.98 Å². The maximum Gasteiger partial charge on any atom is 0.234 e. The Morgan fingerprint density at radius 1 is 1.17 bits per heavy atom. The van der Waals surface area contributed by atoms with Crippen LogP contribution in [0, 0.1) is 18.3 Å². The van der Waals surface area contributed by atoms with Crippen LogP contribution in [0.4, 0.5) is 11.5 Å². The lowest BCUT2D eigenvalue weighted by Crippen LogP contribution is -2.49. The number of benzene rings is 1.